The minimum absolute atomic E-state index is 0.444. The zero-order valence-corrected chi connectivity index (χ0v) is 7.53. The molecule has 1 heterocycles. The number of fused-ring (bicyclic) bond motifs is 1. The first kappa shape index (κ1) is 9.02. The van der Waals surface area contributed by atoms with Gasteiger partial charge >= 0.3 is 5.97 Å². The number of hydrogen-bond acceptors (Lipinski definition) is 3. The van der Waals surface area contributed by atoms with E-state index in [1.807, 2.05) is 6.07 Å². The third kappa shape index (κ3) is 1.44. The summed E-state index contributed by atoms with van der Waals surface area (Å²) in [4.78, 5) is 10.5. The minimum atomic E-state index is -1.42. The summed E-state index contributed by atoms with van der Waals surface area (Å²) in [5, 5.41) is 21.1. The lowest BCUT2D eigenvalue weighted by atomic mass is 10.0. The molecule has 1 unspecified atom stereocenters. The molecule has 1 aliphatic rings. The molecule has 4 nitrogen and oxygen atoms in total. The number of carbonyl (C=O) groups is 1. The Morgan fingerprint density at radius 2 is 2.29 bits per heavy atom. The fourth-order valence-corrected chi connectivity index (χ4v) is 1.64. The van der Waals surface area contributed by atoms with Crippen LogP contribution >= 0.6 is 0 Å². The van der Waals surface area contributed by atoms with Gasteiger partial charge in [-0.1, -0.05) is 12.1 Å². The van der Waals surface area contributed by atoms with Gasteiger partial charge in [0.2, 0.25) is 0 Å². The first-order valence-corrected chi connectivity index (χ1v) is 4.46. The molecule has 74 valence electrons. The third-order valence-electron chi connectivity index (χ3n) is 2.39. The molecule has 0 bridgehead atoms. The molecule has 1 aromatic rings. The molecular weight excluding hydrogens is 182 g/mol. The van der Waals surface area contributed by atoms with Crippen LogP contribution in [0.5, 0.6) is 0 Å². The van der Waals surface area contributed by atoms with Crippen LogP contribution in [0, 0.1) is 0 Å². The lowest BCUT2D eigenvalue weighted by Gasteiger charge is -2.07. The van der Waals surface area contributed by atoms with E-state index in [0.29, 0.717) is 5.56 Å². The third-order valence-corrected chi connectivity index (χ3v) is 2.39. The fourth-order valence-electron chi connectivity index (χ4n) is 1.64. The Morgan fingerprint density at radius 3 is 3.00 bits per heavy atom. The largest absolute Gasteiger partial charge is 0.479 e. The van der Waals surface area contributed by atoms with Crippen LogP contribution in [0.4, 0.5) is 5.69 Å². The Morgan fingerprint density at radius 1 is 1.50 bits per heavy atom. The second-order valence-corrected chi connectivity index (χ2v) is 3.33. The van der Waals surface area contributed by atoms with Gasteiger partial charge in [0.25, 0.3) is 0 Å². The van der Waals surface area contributed by atoms with E-state index in [9.17, 15) is 9.90 Å². The standard InChI is InChI=1S/C10H11NO3/c12-9(10(13)14)7-1-2-8-6(5-7)3-4-11-8/h1-2,5,9,11-12H,3-4H2,(H,13,14). The maximum atomic E-state index is 10.5. The summed E-state index contributed by atoms with van der Waals surface area (Å²) in [6.45, 7) is 0.877. The van der Waals surface area contributed by atoms with Gasteiger partial charge in [0.1, 0.15) is 0 Å². The van der Waals surface area contributed by atoms with Crippen molar-refractivity contribution in [2.24, 2.45) is 0 Å². The van der Waals surface area contributed by atoms with Crippen LogP contribution in [0.15, 0.2) is 18.2 Å². The molecule has 1 aromatic carbocycles. The van der Waals surface area contributed by atoms with Crippen molar-refractivity contribution >= 4 is 11.7 Å². The van der Waals surface area contributed by atoms with Gasteiger partial charge in [0, 0.05) is 12.2 Å². The van der Waals surface area contributed by atoms with Gasteiger partial charge < -0.3 is 15.5 Å². The summed E-state index contributed by atoms with van der Waals surface area (Å²) in [5.41, 5.74) is 2.55. The zero-order chi connectivity index (χ0) is 10.1. The molecule has 0 radical (unpaired) electrons. The maximum absolute atomic E-state index is 10.5. The summed E-state index contributed by atoms with van der Waals surface area (Å²) >= 11 is 0. The number of carboxylic acid groups (broad SMARTS) is 1. The van der Waals surface area contributed by atoms with E-state index in [1.165, 1.54) is 0 Å². The van der Waals surface area contributed by atoms with Gasteiger partial charge in [-0.15, -0.1) is 0 Å². The number of anilines is 1. The van der Waals surface area contributed by atoms with Crippen LogP contribution in [0.25, 0.3) is 0 Å². The van der Waals surface area contributed by atoms with E-state index < -0.39 is 12.1 Å². The molecule has 0 aromatic heterocycles. The number of aliphatic hydroxyl groups is 1. The number of aliphatic hydroxyl groups excluding tert-OH is 1. The summed E-state index contributed by atoms with van der Waals surface area (Å²) in [7, 11) is 0. The highest BCUT2D eigenvalue weighted by molar-refractivity contribution is 5.74. The number of aliphatic carboxylic acids is 1. The van der Waals surface area contributed by atoms with Crippen molar-refractivity contribution in [3.63, 3.8) is 0 Å². The SMILES string of the molecule is O=C(O)C(O)c1ccc2c(c1)CCN2. The van der Waals surface area contributed by atoms with E-state index >= 15 is 0 Å². The predicted octanol–water partition coefficient (Wildman–Crippen LogP) is 0.773. The number of rotatable bonds is 2. The fraction of sp³-hybridized carbons (Fsp3) is 0.300. The summed E-state index contributed by atoms with van der Waals surface area (Å²) in [6.07, 6.45) is -0.531. The molecule has 14 heavy (non-hydrogen) atoms. The Labute approximate surface area is 81.2 Å². The molecular formula is C10H11NO3. The van der Waals surface area contributed by atoms with Crippen LogP contribution in [0.1, 0.15) is 17.2 Å². The van der Waals surface area contributed by atoms with Gasteiger partial charge in [0.15, 0.2) is 6.10 Å². The molecule has 4 heteroatoms. The summed E-state index contributed by atoms with van der Waals surface area (Å²) in [5.74, 6) is -1.21. The smallest absolute Gasteiger partial charge is 0.337 e. The van der Waals surface area contributed by atoms with Crippen molar-refractivity contribution in [2.75, 3.05) is 11.9 Å². The van der Waals surface area contributed by atoms with Crippen molar-refractivity contribution in [1.82, 2.24) is 0 Å². The molecule has 1 atom stereocenters. The van der Waals surface area contributed by atoms with E-state index in [4.69, 9.17) is 5.11 Å². The van der Waals surface area contributed by atoms with Crippen LogP contribution < -0.4 is 5.32 Å². The minimum Gasteiger partial charge on any atom is -0.479 e. The van der Waals surface area contributed by atoms with Crippen molar-refractivity contribution in [3.05, 3.63) is 29.3 Å². The van der Waals surface area contributed by atoms with Crippen molar-refractivity contribution in [1.29, 1.82) is 0 Å². The Balaban J connectivity index is 2.33. The van der Waals surface area contributed by atoms with Crippen LogP contribution in [-0.4, -0.2) is 22.7 Å². The number of benzene rings is 1. The highest BCUT2D eigenvalue weighted by Crippen LogP contribution is 2.25. The molecule has 0 fully saturated rings. The van der Waals surface area contributed by atoms with Crippen molar-refractivity contribution < 1.29 is 15.0 Å². The Kier molecular flexibility index (Phi) is 2.13. The normalized spacial score (nSPS) is 15.8. The maximum Gasteiger partial charge on any atom is 0.337 e. The molecule has 0 saturated carbocycles. The molecule has 1 aliphatic heterocycles. The molecule has 0 saturated heterocycles. The van der Waals surface area contributed by atoms with E-state index in [0.717, 1.165) is 24.2 Å². The number of carboxylic acids is 1. The average molecular weight is 193 g/mol. The first-order chi connectivity index (χ1) is 6.68. The predicted molar refractivity (Wildman–Crippen MR) is 51.2 cm³/mol. The summed E-state index contributed by atoms with van der Waals surface area (Å²) < 4.78 is 0. The molecule has 0 spiro atoms. The van der Waals surface area contributed by atoms with Gasteiger partial charge in [-0.2, -0.15) is 0 Å². The Bertz CT molecular complexity index is 376. The molecule has 0 amide bonds. The van der Waals surface area contributed by atoms with Crippen LogP contribution in [0.2, 0.25) is 0 Å². The lowest BCUT2D eigenvalue weighted by Crippen LogP contribution is -2.10. The Hall–Kier alpha value is -1.55. The van der Waals surface area contributed by atoms with Crippen molar-refractivity contribution in [3.8, 4) is 0 Å². The highest BCUT2D eigenvalue weighted by atomic mass is 16.4. The number of nitrogens with one attached hydrogen (secondary N) is 1. The first-order valence-electron chi connectivity index (χ1n) is 4.46. The van der Waals surface area contributed by atoms with Gasteiger partial charge in [-0.3, -0.25) is 0 Å². The topological polar surface area (TPSA) is 69.6 Å². The second-order valence-electron chi connectivity index (χ2n) is 3.33. The number of hydrogen-bond donors (Lipinski definition) is 3. The molecule has 3 N–H and O–H groups in total. The zero-order valence-electron chi connectivity index (χ0n) is 7.53. The highest BCUT2D eigenvalue weighted by Gasteiger charge is 2.18. The summed E-state index contributed by atoms with van der Waals surface area (Å²) in [6, 6.07) is 5.19. The van der Waals surface area contributed by atoms with E-state index in [-0.39, 0.29) is 0 Å². The second kappa shape index (κ2) is 3.31. The van der Waals surface area contributed by atoms with E-state index in [1.54, 1.807) is 12.1 Å². The average Bonchev–Trinajstić information content (AvgIpc) is 2.62. The quantitative estimate of drug-likeness (QED) is 0.649. The van der Waals surface area contributed by atoms with Gasteiger partial charge in [-0.25, -0.2) is 4.79 Å². The monoisotopic (exact) mass is 193 g/mol. The van der Waals surface area contributed by atoms with Gasteiger partial charge in [-0.05, 0) is 23.6 Å². The lowest BCUT2D eigenvalue weighted by molar-refractivity contribution is -0.146. The van der Waals surface area contributed by atoms with Gasteiger partial charge in [0.05, 0.1) is 0 Å². The molecule has 0 aliphatic carbocycles. The van der Waals surface area contributed by atoms with Crippen LogP contribution in [-0.2, 0) is 11.2 Å². The van der Waals surface area contributed by atoms with E-state index in [2.05, 4.69) is 5.32 Å². The molecule has 2 rings (SSSR count). The van der Waals surface area contributed by atoms with Crippen molar-refractivity contribution in [2.45, 2.75) is 12.5 Å². The van der Waals surface area contributed by atoms with Crippen LogP contribution in [0.3, 0.4) is 0 Å².